The van der Waals surface area contributed by atoms with Gasteiger partial charge in [0.25, 0.3) is 0 Å². The van der Waals surface area contributed by atoms with Gasteiger partial charge in [-0.2, -0.15) is 5.10 Å². The molecule has 8 heteroatoms. The Balaban J connectivity index is 2.94. The predicted octanol–water partition coefficient (Wildman–Crippen LogP) is 4.71. The molecule has 0 bridgehead atoms. The van der Waals surface area contributed by atoms with Gasteiger partial charge in [-0.15, -0.1) is 0 Å². The molecule has 1 aromatic carbocycles. The van der Waals surface area contributed by atoms with E-state index in [4.69, 9.17) is 21.1 Å². The van der Waals surface area contributed by atoms with Crippen molar-refractivity contribution < 1.29 is 8.85 Å². The number of hydrogen-bond donors (Lipinski definition) is 2. The van der Waals surface area contributed by atoms with Crippen LogP contribution in [0, 0.1) is 0 Å². The average molecular weight is 412 g/mol. The minimum atomic E-state index is -1.76. The number of nitrogens with one attached hydrogen (secondary N) is 2. The highest BCUT2D eigenvalue weighted by Gasteiger charge is 2.23. The summed E-state index contributed by atoms with van der Waals surface area (Å²) in [6, 6.07) is 5.90. The zero-order valence-corrected chi connectivity index (χ0v) is 20.3. The Kier molecular flexibility index (Phi) is 7.44. The lowest BCUT2D eigenvalue weighted by Crippen LogP contribution is -2.44. The van der Waals surface area contributed by atoms with E-state index in [1.54, 1.807) is 6.21 Å². The Labute approximate surface area is 165 Å². The van der Waals surface area contributed by atoms with E-state index in [0.717, 1.165) is 17.1 Å². The SMILES string of the molecule is CC(C)(C)NC(=S)N/N=C/c1ccc(O[Si](C)(C)C)c(O[Si](C)(C)C)c1. The van der Waals surface area contributed by atoms with Crippen LogP contribution in [0.4, 0.5) is 0 Å². The van der Waals surface area contributed by atoms with E-state index in [1.807, 2.05) is 39.0 Å². The van der Waals surface area contributed by atoms with Gasteiger partial charge in [0.1, 0.15) is 11.5 Å². The molecule has 26 heavy (non-hydrogen) atoms. The summed E-state index contributed by atoms with van der Waals surface area (Å²) in [5.41, 5.74) is 3.66. The Bertz CT molecular complexity index is 660. The van der Waals surface area contributed by atoms with Crippen LogP contribution in [-0.2, 0) is 0 Å². The smallest absolute Gasteiger partial charge is 0.242 e. The molecule has 1 rings (SSSR count). The van der Waals surface area contributed by atoms with Gasteiger partial charge in [-0.05, 0) is 96.0 Å². The number of thiocarbonyl (C=S) groups is 1. The molecule has 0 aliphatic carbocycles. The van der Waals surface area contributed by atoms with Crippen LogP contribution in [0.15, 0.2) is 23.3 Å². The van der Waals surface area contributed by atoms with E-state index in [2.05, 4.69) is 55.1 Å². The number of benzene rings is 1. The molecule has 0 aromatic heterocycles. The summed E-state index contributed by atoms with van der Waals surface area (Å²) in [6.07, 6.45) is 1.73. The van der Waals surface area contributed by atoms with Crippen molar-refractivity contribution in [1.29, 1.82) is 0 Å². The maximum Gasteiger partial charge on any atom is 0.242 e. The largest absolute Gasteiger partial charge is 0.542 e. The second-order valence-corrected chi connectivity index (χ2v) is 18.5. The summed E-state index contributed by atoms with van der Waals surface area (Å²) >= 11 is 5.22. The van der Waals surface area contributed by atoms with Crippen LogP contribution in [0.2, 0.25) is 39.3 Å². The van der Waals surface area contributed by atoms with Gasteiger partial charge in [-0.3, -0.25) is 5.43 Å². The zero-order valence-electron chi connectivity index (χ0n) is 17.5. The van der Waals surface area contributed by atoms with Crippen molar-refractivity contribution in [1.82, 2.24) is 10.7 Å². The Hall–Kier alpha value is -1.39. The highest BCUT2D eigenvalue weighted by atomic mass is 32.1. The number of hydrazone groups is 1. The van der Waals surface area contributed by atoms with Gasteiger partial charge in [0.15, 0.2) is 5.11 Å². The van der Waals surface area contributed by atoms with Crippen LogP contribution in [0.25, 0.3) is 0 Å². The van der Waals surface area contributed by atoms with Crippen molar-refractivity contribution >= 4 is 40.2 Å². The molecule has 0 fully saturated rings. The molecule has 0 aliphatic heterocycles. The molecule has 0 amide bonds. The first-order valence-electron chi connectivity index (χ1n) is 8.78. The maximum atomic E-state index is 6.23. The normalized spacial score (nSPS) is 12.8. The first-order valence-corrected chi connectivity index (χ1v) is 16.0. The lowest BCUT2D eigenvalue weighted by molar-refractivity contribution is 0.489. The summed E-state index contributed by atoms with van der Waals surface area (Å²) in [6.45, 7) is 19.1. The Morgan fingerprint density at radius 3 is 2.04 bits per heavy atom. The van der Waals surface area contributed by atoms with E-state index in [9.17, 15) is 0 Å². The van der Waals surface area contributed by atoms with Crippen LogP contribution in [0.5, 0.6) is 11.5 Å². The molecule has 2 N–H and O–H groups in total. The van der Waals surface area contributed by atoms with E-state index in [0.29, 0.717) is 5.11 Å². The van der Waals surface area contributed by atoms with Crippen LogP contribution in [0.3, 0.4) is 0 Å². The molecule has 0 heterocycles. The minimum absolute atomic E-state index is 0.103. The third-order valence-corrected chi connectivity index (χ3v) is 4.53. The van der Waals surface area contributed by atoms with Gasteiger partial charge in [-0.1, -0.05) is 0 Å². The van der Waals surface area contributed by atoms with Crippen LogP contribution in [0.1, 0.15) is 26.3 Å². The molecule has 0 radical (unpaired) electrons. The molecular weight excluding hydrogens is 378 g/mol. The second-order valence-electron chi connectivity index (χ2n) is 9.21. The molecule has 0 spiro atoms. The third-order valence-electron chi connectivity index (χ3n) is 2.67. The average Bonchev–Trinajstić information content (AvgIpc) is 2.36. The molecule has 0 atom stereocenters. The van der Waals surface area contributed by atoms with E-state index < -0.39 is 16.6 Å². The van der Waals surface area contributed by atoms with Gasteiger partial charge in [0.05, 0.1) is 6.21 Å². The van der Waals surface area contributed by atoms with Gasteiger partial charge in [-0.25, -0.2) is 0 Å². The lowest BCUT2D eigenvalue weighted by Gasteiger charge is -2.26. The zero-order chi connectivity index (χ0) is 20.2. The van der Waals surface area contributed by atoms with Gasteiger partial charge in [0.2, 0.25) is 16.6 Å². The fraction of sp³-hybridized carbons (Fsp3) is 0.556. The van der Waals surface area contributed by atoms with Crippen molar-refractivity contribution in [3.8, 4) is 11.5 Å². The summed E-state index contributed by atoms with van der Waals surface area (Å²) in [7, 11) is -3.48. The Morgan fingerprint density at radius 1 is 1.00 bits per heavy atom. The monoisotopic (exact) mass is 411 g/mol. The molecular formula is C18H33N3O2SSi2. The highest BCUT2D eigenvalue weighted by Crippen LogP contribution is 2.32. The summed E-state index contributed by atoms with van der Waals surface area (Å²) in [5, 5.41) is 7.86. The highest BCUT2D eigenvalue weighted by molar-refractivity contribution is 7.80. The van der Waals surface area contributed by atoms with E-state index in [1.165, 1.54) is 0 Å². The summed E-state index contributed by atoms with van der Waals surface area (Å²) < 4.78 is 12.4. The number of nitrogens with zero attached hydrogens (tertiary/aromatic N) is 1. The first kappa shape index (κ1) is 22.7. The van der Waals surface area contributed by atoms with Crippen molar-refractivity contribution in [2.45, 2.75) is 65.6 Å². The maximum absolute atomic E-state index is 6.23. The fourth-order valence-electron chi connectivity index (χ4n) is 1.96. The van der Waals surface area contributed by atoms with Gasteiger partial charge < -0.3 is 14.2 Å². The van der Waals surface area contributed by atoms with Crippen LogP contribution in [-0.4, -0.2) is 33.5 Å². The van der Waals surface area contributed by atoms with Crippen molar-refractivity contribution in [3.05, 3.63) is 23.8 Å². The van der Waals surface area contributed by atoms with Crippen molar-refractivity contribution in [2.24, 2.45) is 5.10 Å². The molecule has 0 aliphatic rings. The molecule has 0 saturated heterocycles. The van der Waals surface area contributed by atoms with Crippen molar-refractivity contribution in [2.75, 3.05) is 0 Å². The standard InChI is InChI=1S/C18H33N3O2SSi2/c1-18(2,3)20-17(24)21-19-13-14-10-11-15(22-25(4,5)6)16(12-14)23-26(7,8)9/h10-13H,1-9H3,(H2,20,21,24)/b19-13+. The van der Waals surface area contributed by atoms with Gasteiger partial charge >= 0.3 is 0 Å². The molecule has 0 saturated carbocycles. The van der Waals surface area contributed by atoms with E-state index >= 15 is 0 Å². The third kappa shape index (κ3) is 9.93. The van der Waals surface area contributed by atoms with Gasteiger partial charge in [0, 0.05) is 5.54 Å². The summed E-state index contributed by atoms with van der Waals surface area (Å²) in [4.78, 5) is 0. The predicted molar refractivity (Wildman–Crippen MR) is 121 cm³/mol. The van der Waals surface area contributed by atoms with Crippen molar-refractivity contribution in [3.63, 3.8) is 0 Å². The van der Waals surface area contributed by atoms with Crippen LogP contribution < -0.4 is 19.6 Å². The minimum Gasteiger partial charge on any atom is -0.542 e. The fourth-order valence-corrected chi connectivity index (χ4v) is 3.97. The number of hydrogen-bond acceptors (Lipinski definition) is 4. The second kappa shape index (κ2) is 8.54. The Morgan fingerprint density at radius 2 is 1.54 bits per heavy atom. The topological polar surface area (TPSA) is 54.9 Å². The lowest BCUT2D eigenvalue weighted by atomic mass is 10.1. The first-order chi connectivity index (χ1) is 11.6. The summed E-state index contributed by atoms with van der Waals surface area (Å²) in [5.74, 6) is 1.59. The number of rotatable bonds is 6. The molecule has 146 valence electrons. The van der Waals surface area contributed by atoms with Crippen LogP contribution >= 0.6 is 12.2 Å². The molecule has 5 nitrogen and oxygen atoms in total. The quantitative estimate of drug-likeness (QED) is 0.307. The molecule has 0 unspecified atom stereocenters. The molecule has 1 aromatic rings. The van der Waals surface area contributed by atoms with E-state index in [-0.39, 0.29) is 5.54 Å².